The molecule has 0 bridgehead atoms. The summed E-state index contributed by atoms with van der Waals surface area (Å²) >= 11 is 2.97. The van der Waals surface area contributed by atoms with Crippen molar-refractivity contribution in [2.24, 2.45) is 5.92 Å². The number of hydrogen-bond acceptors (Lipinski definition) is 9. The number of aliphatic hydroxyl groups is 1. The Morgan fingerprint density at radius 3 is 2.15 bits per heavy atom. The number of ether oxygens (including phenoxy) is 1. The van der Waals surface area contributed by atoms with Crippen LogP contribution in [0.3, 0.4) is 0 Å². The number of benzene rings is 2. The lowest BCUT2D eigenvalue weighted by molar-refractivity contribution is -0.124. The average molecular weight is 749 g/mol. The number of amides is 4. The van der Waals surface area contributed by atoms with Gasteiger partial charge in [-0.1, -0.05) is 95.3 Å². The van der Waals surface area contributed by atoms with Gasteiger partial charge in [-0.3, -0.25) is 9.78 Å². The molecule has 2 aromatic heterocycles. The fourth-order valence-electron chi connectivity index (χ4n) is 5.77. The maximum Gasteiger partial charge on any atom is 0.407 e. The minimum Gasteiger partial charge on any atom is -0.444 e. The summed E-state index contributed by atoms with van der Waals surface area (Å²) in [7, 11) is 0. The molecule has 4 aromatic rings. The van der Waals surface area contributed by atoms with Gasteiger partial charge in [0.2, 0.25) is 5.91 Å². The molecule has 0 saturated carbocycles. The fourth-order valence-corrected chi connectivity index (χ4v) is 7.10. The molecule has 4 rings (SSSR count). The number of urea groups is 1. The largest absolute Gasteiger partial charge is 0.444 e. The van der Waals surface area contributed by atoms with Crippen molar-refractivity contribution < 1.29 is 24.2 Å². The quantitative estimate of drug-likeness (QED) is 0.0837. The van der Waals surface area contributed by atoms with Crippen LogP contribution in [-0.2, 0) is 35.5 Å². The maximum atomic E-state index is 14.0. The molecule has 0 unspecified atom stereocenters. The number of nitrogens with one attached hydrogen (secondary N) is 3. The molecule has 52 heavy (non-hydrogen) atoms. The van der Waals surface area contributed by atoms with Gasteiger partial charge in [0.05, 0.1) is 39.8 Å². The lowest BCUT2D eigenvalue weighted by Crippen LogP contribution is -2.56. The minimum absolute atomic E-state index is 0.0676. The van der Waals surface area contributed by atoms with Crippen LogP contribution in [0.4, 0.5) is 9.59 Å². The number of carbonyl (C=O) groups excluding carboxylic acids is 3. The molecular formula is C39H52N6O5S2. The van der Waals surface area contributed by atoms with E-state index in [4.69, 9.17) is 9.72 Å². The van der Waals surface area contributed by atoms with Crippen molar-refractivity contribution in [3.63, 3.8) is 0 Å². The lowest BCUT2D eigenvalue weighted by Gasteiger charge is -2.31. The lowest BCUT2D eigenvalue weighted by atomic mass is 9.93. The number of alkyl carbamates (subject to hydrolysis) is 1. The van der Waals surface area contributed by atoms with Crippen LogP contribution in [0.15, 0.2) is 77.8 Å². The molecule has 0 aliphatic heterocycles. The van der Waals surface area contributed by atoms with Crippen LogP contribution in [0, 0.1) is 5.92 Å². The third-order valence-electron chi connectivity index (χ3n) is 8.52. The summed E-state index contributed by atoms with van der Waals surface area (Å²) in [6.07, 6.45) is 1.60. The summed E-state index contributed by atoms with van der Waals surface area (Å²) in [6.45, 7) is 10.9. The predicted molar refractivity (Wildman–Crippen MR) is 206 cm³/mol. The molecule has 2 heterocycles. The second-order valence-electron chi connectivity index (χ2n) is 13.6. The molecule has 0 aliphatic carbocycles. The van der Waals surface area contributed by atoms with Crippen molar-refractivity contribution in [3.8, 4) is 0 Å². The first kappa shape index (κ1) is 40.4. The number of nitrogens with zero attached hydrogens (tertiary/aromatic N) is 3. The van der Waals surface area contributed by atoms with Gasteiger partial charge in [0, 0.05) is 30.1 Å². The summed E-state index contributed by atoms with van der Waals surface area (Å²) in [5.41, 5.74) is 4.39. The Morgan fingerprint density at radius 2 is 1.58 bits per heavy atom. The smallest absolute Gasteiger partial charge is 0.407 e. The molecule has 4 atom stereocenters. The van der Waals surface area contributed by atoms with Crippen molar-refractivity contribution in [1.29, 1.82) is 0 Å². The topological polar surface area (TPSA) is 146 Å². The van der Waals surface area contributed by atoms with Crippen molar-refractivity contribution >= 4 is 40.7 Å². The highest BCUT2D eigenvalue weighted by atomic mass is 32.1. The molecule has 0 saturated heterocycles. The van der Waals surface area contributed by atoms with Crippen molar-refractivity contribution in [2.45, 2.75) is 104 Å². The van der Waals surface area contributed by atoms with Crippen LogP contribution in [0.5, 0.6) is 0 Å². The first-order valence-corrected chi connectivity index (χ1v) is 19.6. The number of aromatic nitrogens is 2. The summed E-state index contributed by atoms with van der Waals surface area (Å²) in [5.74, 6) is -0.265. The molecule has 4 N–H and O–H groups in total. The van der Waals surface area contributed by atoms with Gasteiger partial charge >= 0.3 is 12.1 Å². The van der Waals surface area contributed by atoms with Gasteiger partial charge in [0.25, 0.3) is 0 Å². The maximum absolute atomic E-state index is 14.0. The second kappa shape index (κ2) is 20.6. The van der Waals surface area contributed by atoms with E-state index >= 15 is 0 Å². The standard InChI is InChI=1S/C39H52N6O5S2/c1-6-17-45(22-31-24-51-37(42-31)27(4)5)38(48)44-35(26(2)3)36(47)41-30(18-28-13-9-7-10-14-28)20-34(46)33(19-29-15-11-8-12-16-29)43-39(49)50-23-32-21-40-25-52-32/h7-16,21,24-27,30,33-35,46H,6,17-20,22-23H2,1-5H3,(H,41,47)(H,43,49)(H,44,48)/t30-,33-,34-,35-/m0/s1. The zero-order chi connectivity index (χ0) is 37.5. The Kier molecular flexibility index (Phi) is 16.1. The van der Waals surface area contributed by atoms with Crippen molar-refractivity contribution in [1.82, 2.24) is 30.8 Å². The number of aliphatic hydroxyl groups excluding tert-OH is 1. The molecule has 0 radical (unpaired) electrons. The number of carbonyl (C=O) groups is 3. The van der Waals surface area contributed by atoms with Gasteiger partial charge in [-0.2, -0.15) is 0 Å². The highest BCUT2D eigenvalue weighted by molar-refractivity contribution is 7.09. The van der Waals surface area contributed by atoms with Crippen molar-refractivity contribution in [2.75, 3.05) is 6.54 Å². The molecular weight excluding hydrogens is 697 g/mol. The van der Waals surface area contributed by atoms with Gasteiger partial charge in [-0.25, -0.2) is 14.6 Å². The van der Waals surface area contributed by atoms with Gasteiger partial charge in [-0.05, 0) is 42.7 Å². The van der Waals surface area contributed by atoms with Gasteiger partial charge in [0.15, 0.2) is 0 Å². The zero-order valence-electron chi connectivity index (χ0n) is 30.7. The number of rotatable bonds is 19. The van der Waals surface area contributed by atoms with Crippen LogP contribution in [0.25, 0.3) is 0 Å². The molecule has 13 heteroatoms. The van der Waals surface area contributed by atoms with E-state index in [9.17, 15) is 19.5 Å². The SMILES string of the molecule is CCCN(Cc1csc(C(C)C)n1)C(=O)N[C@H](C(=O)N[C@@H](Cc1ccccc1)C[C@H](O)[C@H](Cc1ccccc1)NC(=O)OCc1cncs1)C(C)C. The average Bonchev–Trinajstić information content (AvgIpc) is 3.83. The van der Waals surface area contributed by atoms with E-state index in [0.717, 1.165) is 33.1 Å². The van der Waals surface area contributed by atoms with E-state index in [1.807, 2.05) is 86.8 Å². The van der Waals surface area contributed by atoms with E-state index in [2.05, 4.69) is 34.8 Å². The van der Waals surface area contributed by atoms with Gasteiger partial charge in [0.1, 0.15) is 12.6 Å². The zero-order valence-corrected chi connectivity index (χ0v) is 32.3. The van der Waals surface area contributed by atoms with E-state index in [1.165, 1.54) is 11.3 Å². The molecule has 4 amide bonds. The van der Waals surface area contributed by atoms with E-state index in [1.54, 1.807) is 27.9 Å². The normalized spacial score (nSPS) is 13.6. The third-order valence-corrected chi connectivity index (χ3v) is 10.5. The minimum atomic E-state index is -1.05. The summed E-state index contributed by atoms with van der Waals surface area (Å²) in [4.78, 5) is 51.8. The Bertz CT molecular complexity index is 1650. The molecule has 0 fully saturated rings. The first-order chi connectivity index (χ1) is 25.0. The van der Waals surface area contributed by atoms with Crippen molar-refractivity contribution in [3.05, 3.63) is 104 Å². The van der Waals surface area contributed by atoms with E-state index < -0.39 is 30.3 Å². The Balaban J connectivity index is 1.49. The van der Waals surface area contributed by atoms with E-state index in [-0.39, 0.29) is 30.9 Å². The summed E-state index contributed by atoms with van der Waals surface area (Å²) in [5, 5.41) is 23.7. The molecule has 2 aromatic carbocycles. The number of hydrogen-bond donors (Lipinski definition) is 4. The first-order valence-electron chi connectivity index (χ1n) is 17.9. The highest BCUT2D eigenvalue weighted by Crippen LogP contribution is 2.21. The van der Waals surface area contributed by atoms with Crippen LogP contribution in [0.1, 0.15) is 80.1 Å². The second-order valence-corrected chi connectivity index (χ2v) is 15.5. The van der Waals surface area contributed by atoms with Crippen LogP contribution in [0.2, 0.25) is 0 Å². The number of thiazole rings is 2. The summed E-state index contributed by atoms with van der Waals surface area (Å²) < 4.78 is 5.44. The Labute approximate surface area is 315 Å². The predicted octanol–water partition coefficient (Wildman–Crippen LogP) is 6.69. The van der Waals surface area contributed by atoms with Crippen LogP contribution in [-0.4, -0.2) is 68.8 Å². The van der Waals surface area contributed by atoms with Gasteiger partial charge in [-0.15, -0.1) is 22.7 Å². The van der Waals surface area contributed by atoms with Crippen LogP contribution < -0.4 is 16.0 Å². The molecule has 0 aliphatic rings. The third kappa shape index (κ3) is 13.0. The monoisotopic (exact) mass is 748 g/mol. The Morgan fingerprint density at radius 1 is 0.904 bits per heavy atom. The van der Waals surface area contributed by atoms with E-state index in [0.29, 0.717) is 31.8 Å². The van der Waals surface area contributed by atoms with Crippen LogP contribution >= 0.6 is 22.7 Å². The Hall–Kier alpha value is -4.33. The molecule has 11 nitrogen and oxygen atoms in total. The molecule has 0 spiro atoms. The molecule has 280 valence electrons. The van der Waals surface area contributed by atoms with Gasteiger partial charge < -0.3 is 30.7 Å². The fraction of sp³-hybridized carbons (Fsp3) is 0.462. The summed E-state index contributed by atoms with van der Waals surface area (Å²) in [6, 6.07) is 16.9. The highest BCUT2D eigenvalue weighted by Gasteiger charge is 2.31.